The normalized spacial score (nSPS) is 14.3. The number of imidazole rings is 1. The second kappa shape index (κ2) is 3.86. The fourth-order valence-corrected chi connectivity index (χ4v) is 1.56. The summed E-state index contributed by atoms with van der Waals surface area (Å²) >= 11 is 0. The summed E-state index contributed by atoms with van der Waals surface area (Å²) in [5, 5.41) is 0. The molecule has 0 aliphatic heterocycles. The van der Waals surface area contributed by atoms with Gasteiger partial charge in [0.1, 0.15) is 5.82 Å². The summed E-state index contributed by atoms with van der Waals surface area (Å²) in [5.41, 5.74) is 0. The second-order valence-electron chi connectivity index (χ2n) is 2.52. The lowest BCUT2D eigenvalue weighted by molar-refractivity contribution is 0.553. The van der Waals surface area contributed by atoms with Gasteiger partial charge in [-0.15, -0.1) is 0 Å². The largest absolute Gasteiger partial charge is 0.347 e. The molecule has 7 heteroatoms. The fraction of sp³-hybridized carbons (Fsp3) is 0.500. The number of nitrogens with zero attached hydrogens (tertiary/aromatic N) is 1. The van der Waals surface area contributed by atoms with Crippen molar-refractivity contribution in [3.63, 3.8) is 0 Å². The maximum Gasteiger partial charge on any atom is 0.277 e. The van der Waals surface area contributed by atoms with E-state index in [-0.39, 0.29) is 6.04 Å². The van der Waals surface area contributed by atoms with Gasteiger partial charge < -0.3 is 4.98 Å². The Bertz CT molecular complexity index is 345. The summed E-state index contributed by atoms with van der Waals surface area (Å²) in [6, 6.07) is -0.368. The molecule has 0 aliphatic carbocycles. The zero-order chi connectivity index (χ0) is 9.90. The third kappa shape index (κ3) is 2.79. The SMILES string of the molecule is CNS(=O)(=O)NC(C)c1ncc[nH]1. The van der Waals surface area contributed by atoms with Crippen LogP contribution in [0.15, 0.2) is 12.4 Å². The Kier molecular flexibility index (Phi) is 3.02. The molecule has 1 rings (SSSR count). The van der Waals surface area contributed by atoms with Gasteiger partial charge in [-0.05, 0) is 6.92 Å². The van der Waals surface area contributed by atoms with E-state index < -0.39 is 10.2 Å². The Morgan fingerprint density at radius 2 is 2.31 bits per heavy atom. The van der Waals surface area contributed by atoms with Crippen LogP contribution in [-0.4, -0.2) is 25.4 Å². The van der Waals surface area contributed by atoms with Crippen molar-refractivity contribution < 1.29 is 8.42 Å². The van der Waals surface area contributed by atoms with Crippen LogP contribution in [0.5, 0.6) is 0 Å². The minimum atomic E-state index is -3.40. The van der Waals surface area contributed by atoms with Gasteiger partial charge in [0, 0.05) is 19.4 Å². The van der Waals surface area contributed by atoms with E-state index in [9.17, 15) is 8.42 Å². The molecule has 3 N–H and O–H groups in total. The number of aromatic amines is 1. The predicted octanol–water partition coefficient (Wildman–Crippen LogP) is -0.476. The summed E-state index contributed by atoms with van der Waals surface area (Å²) in [7, 11) is -2.06. The highest BCUT2D eigenvalue weighted by Crippen LogP contribution is 2.05. The van der Waals surface area contributed by atoms with Crippen molar-refractivity contribution in [2.45, 2.75) is 13.0 Å². The minimum Gasteiger partial charge on any atom is -0.347 e. The van der Waals surface area contributed by atoms with E-state index in [0.29, 0.717) is 5.82 Å². The molecule has 0 amide bonds. The minimum absolute atomic E-state index is 0.368. The predicted molar refractivity (Wildman–Crippen MR) is 48.1 cm³/mol. The van der Waals surface area contributed by atoms with Crippen LogP contribution in [0.1, 0.15) is 18.8 Å². The molecular formula is C6H12N4O2S. The van der Waals surface area contributed by atoms with Crippen molar-refractivity contribution in [3.8, 4) is 0 Å². The average Bonchev–Trinajstić information content (AvgIpc) is 2.55. The van der Waals surface area contributed by atoms with Gasteiger partial charge in [0.25, 0.3) is 10.2 Å². The van der Waals surface area contributed by atoms with Crippen molar-refractivity contribution >= 4 is 10.2 Å². The molecule has 0 aromatic carbocycles. The summed E-state index contributed by atoms with van der Waals surface area (Å²) < 4.78 is 26.6. The van der Waals surface area contributed by atoms with E-state index in [0.717, 1.165) is 0 Å². The second-order valence-corrected chi connectivity index (χ2v) is 4.17. The maximum atomic E-state index is 11.0. The van der Waals surface area contributed by atoms with Gasteiger partial charge in [0.15, 0.2) is 0 Å². The molecule has 1 heterocycles. The maximum absolute atomic E-state index is 11.0. The number of rotatable bonds is 4. The van der Waals surface area contributed by atoms with Crippen LogP contribution in [0.2, 0.25) is 0 Å². The fourth-order valence-electron chi connectivity index (χ4n) is 0.862. The average molecular weight is 204 g/mol. The monoisotopic (exact) mass is 204 g/mol. The summed E-state index contributed by atoms with van der Waals surface area (Å²) in [5.74, 6) is 0.582. The molecule has 1 atom stereocenters. The Hall–Kier alpha value is -0.920. The van der Waals surface area contributed by atoms with Gasteiger partial charge in [-0.25, -0.2) is 9.71 Å². The van der Waals surface area contributed by atoms with E-state index >= 15 is 0 Å². The van der Waals surface area contributed by atoms with E-state index in [1.165, 1.54) is 7.05 Å². The van der Waals surface area contributed by atoms with Gasteiger partial charge in [0.05, 0.1) is 6.04 Å². The molecule has 0 fully saturated rings. The summed E-state index contributed by atoms with van der Waals surface area (Å²) in [4.78, 5) is 6.74. The molecular weight excluding hydrogens is 192 g/mol. The van der Waals surface area contributed by atoms with E-state index in [1.807, 2.05) is 0 Å². The lowest BCUT2D eigenvalue weighted by Gasteiger charge is -2.10. The molecule has 1 aromatic rings. The molecule has 6 nitrogen and oxygen atoms in total. The molecule has 1 unspecified atom stereocenters. The van der Waals surface area contributed by atoms with Crippen LogP contribution < -0.4 is 9.44 Å². The van der Waals surface area contributed by atoms with Crippen molar-refractivity contribution in [2.75, 3.05) is 7.05 Å². The number of H-pyrrole nitrogens is 1. The molecule has 13 heavy (non-hydrogen) atoms. The van der Waals surface area contributed by atoms with Crippen LogP contribution in [0.3, 0.4) is 0 Å². The molecule has 0 aliphatic rings. The molecule has 74 valence electrons. The lowest BCUT2D eigenvalue weighted by atomic mass is 10.3. The molecule has 0 saturated carbocycles. The topological polar surface area (TPSA) is 86.9 Å². The number of hydrogen-bond acceptors (Lipinski definition) is 3. The van der Waals surface area contributed by atoms with Crippen LogP contribution in [0.4, 0.5) is 0 Å². The molecule has 0 saturated heterocycles. The first-order chi connectivity index (χ1) is 6.05. The van der Waals surface area contributed by atoms with Crippen molar-refractivity contribution in [3.05, 3.63) is 18.2 Å². The first-order valence-electron chi connectivity index (χ1n) is 3.75. The number of hydrogen-bond donors (Lipinski definition) is 3. The molecule has 0 radical (unpaired) electrons. The number of nitrogens with one attached hydrogen (secondary N) is 3. The van der Waals surface area contributed by atoms with Crippen molar-refractivity contribution in [1.29, 1.82) is 0 Å². The highest BCUT2D eigenvalue weighted by molar-refractivity contribution is 7.87. The van der Waals surface area contributed by atoms with Crippen LogP contribution in [0, 0.1) is 0 Å². The van der Waals surface area contributed by atoms with E-state index in [2.05, 4.69) is 19.4 Å². The zero-order valence-electron chi connectivity index (χ0n) is 7.40. The van der Waals surface area contributed by atoms with E-state index in [1.54, 1.807) is 19.3 Å². The van der Waals surface area contributed by atoms with Crippen LogP contribution in [0.25, 0.3) is 0 Å². The van der Waals surface area contributed by atoms with Crippen molar-refractivity contribution in [2.24, 2.45) is 0 Å². The van der Waals surface area contributed by atoms with Crippen LogP contribution >= 0.6 is 0 Å². The van der Waals surface area contributed by atoms with Crippen LogP contribution in [-0.2, 0) is 10.2 Å². The summed E-state index contributed by atoms with van der Waals surface area (Å²) in [6.07, 6.45) is 3.21. The van der Waals surface area contributed by atoms with E-state index in [4.69, 9.17) is 0 Å². The van der Waals surface area contributed by atoms with Gasteiger partial charge in [-0.1, -0.05) is 0 Å². The quantitative estimate of drug-likeness (QED) is 0.619. The Balaban J connectivity index is 2.67. The third-order valence-electron chi connectivity index (χ3n) is 1.53. The standard InChI is InChI=1S/C6H12N4O2S/c1-5(6-8-3-4-9-6)10-13(11,12)7-2/h3-5,7,10H,1-2H3,(H,8,9). The summed E-state index contributed by atoms with van der Waals surface area (Å²) in [6.45, 7) is 1.70. The smallest absolute Gasteiger partial charge is 0.277 e. The van der Waals surface area contributed by atoms with Crippen molar-refractivity contribution in [1.82, 2.24) is 19.4 Å². The highest BCUT2D eigenvalue weighted by atomic mass is 32.2. The molecule has 0 spiro atoms. The Labute approximate surface area is 77.0 Å². The number of aromatic nitrogens is 2. The Morgan fingerprint density at radius 3 is 2.77 bits per heavy atom. The first-order valence-corrected chi connectivity index (χ1v) is 5.23. The molecule has 1 aromatic heterocycles. The molecule has 0 bridgehead atoms. The zero-order valence-corrected chi connectivity index (χ0v) is 8.22. The van der Waals surface area contributed by atoms with Gasteiger partial charge in [-0.3, -0.25) is 0 Å². The lowest BCUT2D eigenvalue weighted by Crippen LogP contribution is -2.36. The Morgan fingerprint density at radius 1 is 1.62 bits per heavy atom. The third-order valence-corrected chi connectivity index (χ3v) is 2.73. The van der Waals surface area contributed by atoms with Gasteiger partial charge in [-0.2, -0.15) is 13.1 Å². The van der Waals surface area contributed by atoms with Gasteiger partial charge >= 0.3 is 0 Å². The highest BCUT2D eigenvalue weighted by Gasteiger charge is 2.14. The first kappa shape index (κ1) is 10.2. The van der Waals surface area contributed by atoms with Gasteiger partial charge in [0.2, 0.25) is 0 Å².